The first-order chi connectivity index (χ1) is 13.4. The molecule has 2 atom stereocenters. The van der Waals surface area contributed by atoms with Crippen molar-refractivity contribution in [3.05, 3.63) is 83.4 Å². The number of aliphatic hydroxyl groups is 3. The standard InChI is InChI=1S/C25H28O3/c1-16(2)25(28)23-10-5-4-9-21(23)20-11-12-22(24(14-20)17(3)27)19-8-6-7-18(13-19)15-26/h4-14,16-17,25-28H,15H2,1-3H3. The van der Waals surface area contributed by atoms with E-state index >= 15 is 0 Å². The van der Waals surface area contributed by atoms with E-state index < -0.39 is 12.2 Å². The van der Waals surface area contributed by atoms with Crippen LogP contribution in [0.2, 0.25) is 0 Å². The van der Waals surface area contributed by atoms with Crippen molar-refractivity contribution in [2.75, 3.05) is 0 Å². The van der Waals surface area contributed by atoms with E-state index in [1.165, 1.54) is 0 Å². The van der Waals surface area contributed by atoms with Crippen LogP contribution in [0.5, 0.6) is 0 Å². The predicted molar refractivity (Wildman–Crippen MR) is 114 cm³/mol. The third-order valence-corrected chi connectivity index (χ3v) is 5.14. The molecule has 3 heteroatoms. The number of hydrogen-bond donors (Lipinski definition) is 3. The average Bonchev–Trinajstić information content (AvgIpc) is 2.72. The molecule has 0 radical (unpaired) electrons. The molecule has 28 heavy (non-hydrogen) atoms. The maximum atomic E-state index is 10.6. The van der Waals surface area contributed by atoms with Crippen LogP contribution in [0.25, 0.3) is 22.3 Å². The SMILES string of the molecule is CC(O)c1cc(-c2ccccc2C(O)C(C)C)ccc1-c1cccc(CO)c1. The van der Waals surface area contributed by atoms with Crippen LogP contribution in [0.4, 0.5) is 0 Å². The van der Waals surface area contributed by atoms with Crippen LogP contribution in [0, 0.1) is 5.92 Å². The lowest BCUT2D eigenvalue weighted by Gasteiger charge is -2.20. The highest BCUT2D eigenvalue weighted by molar-refractivity contribution is 5.76. The van der Waals surface area contributed by atoms with E-state index in [0.717, 1.165) is 38.9 Å². The molecule has 0 saturated heterocycles. The third-order valence-electron chi connectivity index (χ3n) is 5.14. The van der Waals surface area contributed by atoms with Gasteiger partial charge in [-0.3, -0.25) is 0 Å². The molecule has 3 aromatic carbocycles. The maximum Gasteiger partial charge on any atom is 0.0818 e. The van der Waals surface area contributed by atoms with Crippen molar-refractivity contribution in [3.8, 4) is 22.3 Å². The lowest BCUT2D eigenvalue weighted by Crippen LogP contribution is -2.07. The summed E-state index contributed by atoms with van der Waals surface area (Å²) in [5, 5.41) is 30.5. The van der Waals surface area contributed by atoms with E-state index in [0.29, 0.717) is 0 Å². The summed E-state index contributed by atoms with van der Waals surface area (Å²) in [6.45, 7) is 5.74. The van der Waals surface area contributed by atoms with Crippen LogP contribution in [0.15, 0.2) is 66.7 Å². The van der Waals surface area contributed by atoms with Gasteiger partial charge in [0.2, 0.25) is 0 Å². The molecule has 3 aromatic rings. The molecule has 0 fully saturated rings. The summed E-state index contributed by atoms with van der Waals surface area (Å²) in [5.74, 6) is 0.109. The van der Waals surface area contributed by atoms with E-state index in [2.05, 4.69) is 0 Å². The molecular weight excluding hydrogens is 348 g/mol. The van der Waals surface area contributed by atoms with Crippen LogP contribution in [-0.2, 0) is 6.61 Å². The van der Waals surface area contributed by atoms with E-state index in [4.69, 9.17) is 0 Å². The Balaban J connectivity index is 2.13. The summed E-state index contributed by atoms with van der Waals surface area (Å²) in [7, 11) is 0. The predicted octanol–water partition coefficient (Wildman–Crippen LogP) is 5.26. The van der Waals surface area contributed by atoms with Gasteiger partial charge in [0.15, 0.2) is 0 Å². The van der Waals surface area contributed by atoms with Crippen LogP contribution in [0.1, 0.15) is 49.7 Å². The van der Waals surface area contributed by atoms with Gasteiger partial charge in [0, 0.05) is 0 Å². The van der Waals surface area contributed by atoms with Crippen molar-refractivity contribution in [1.29, 1.82) is 0 Å². The third kappa shape index (κ3) is 4.17. The van der Waals surface area contributed by atoms with Gasteiger partial charge in [-0.05, 0) is 63.9 Å². The van der Waals surface area contributed by atoms with Gasteiger partial charge in [-0.2, -0.15) is 0 Å². The van der Waals surface area contributed by atoms with Crippen LogP contribution in [0.3, 0.4) is 0 Å². The Morgan fingerprint density at radius 2 is 1.39 bits per heavy atom. The van der Waals surface area contributed by atoms with Crippen LogP contribution in [-0.4, -0.2) is 15.3 Å². The zero-order valence-electron chi connectivity index (χ0n) is 16.6. The first-order valence-corrected chi connectivity index (χ1v) is 9.72. The summed E-state index contributed by atoms with van der Waals surface area (Å²) < 4.78 is 0. The minimum Gasteiger partial charge on any atom is -0.392 e. The Bertz CT molecular complexity index is 944. The molecule has 146 valence electrons. The molecule has 3 nitrogen and oxygen atoms in total. The average molecular weight is 376 g/mol. The monoisotopic (exact) mass is 376 g/mol. The Morgan fingerprint density at radius 1 is 0.714 bits per heavy atom. The fourth-order valence-corrected chi connectivity index (χ4v) is 3.55. The fourth-order valence-electron chi connectivity index (χ4n) is 3.55. The molecule has 0 spiro atoms. The van der Waals surface area contributed by atoms with E-state index in [1.807, 2.05) is 80.6 Å². The lowest BCUT2D eigenvalue weighted by atomic mass is 9.88. The van der Waals surface area contributed by atoms with Crippen molar-refractivity contribution in [2.24, 2.45) is 5.92 Å². The van der Waals surface area contributed by atoms with Crippen LogP contribution < -0.4 is 0 Å². The largest absolute Gasteiger partial charge is 0.392 e. The molecule has 3 N–H and O–H groups in total. The molecule has 3 rings (SSSR count). The molecular formula is C25H28O3. The van der Waals surface area contributed by atoms with Gasteiger partial charge in [0.25, 0.3) is 0 Å². The Morgan fingerprint density at radius 3 is 2.07 bits per heavy atom. The number of rotatable bonds is 6. The van der Waals surface area contributed by atoms with Gasteiger partial charge in [-0.25, -0.2) is 0 Å². The van der Waals surface area contributed by atoms with Crippen molar-refractivity contribution in [3.63, 3.8) is 0 Å². The summed E-state index contributed by atoms with van der Waals surface area (Å²) in [6.07, 6.45) is -1.19. The smallest absolute Gasteiger partial charge is 0.0818 e. The lowest BCUT2D eigenvalue weighted by molar-refractivity contribution is 0.127. The molecule has 2 unspecified atom stereocenters. The second kappa shape index (κ2) is 8.70. The van der Waals surface area contributed by atoms with Crippen molar-refractivity contribution < 1.29 is 15.3 Å². The number of aliphatic hydroxyl groups excluding tert-OH is 3. The molecule has 0 aliphatic rings. The summed E-state index contributed by atoms with van der Waals surface area (Å²) >= 11 is 0. The summed E-state index contributed by atoms with van der Waals surface area (Å²) in [5.41, 5.74) is 6.39. The second-order valence-corrected chi connectivity index (χ2v) is 7.61. The minimum atomic E-state index is -0.644. The van der Waals surface area contributed by atoms with Gasteiger partial charge in [0.1, 0.15) is 0 Å². The zero-order chi connectivity index (χ0) is 20.3. The van der Waals surface area contributed by atoms with Crippen molar-refractivity contribution >= 4 is 0 Å². The van der Waals surface area contributed by atoms with E-state index in [9.17, 15) is 15.3 Å². The molecule has 0 bridgehead atoms. The Kier molecular flexibility index (Phi) is 6.30. The summed E-state index contributed by atoms with van der Waals surface area (Å²) in [4.78, 5) is 0. The van der Waals surface area contributed by atoms with Gasteiger partial charge in [-0.15, -0.1) is 0 Å². The maximum absolute atomic E-state index is 10.6. The fraction of sp³-hybridized carbons (Fsp3) is 0.280. The molecule has 0 aromatic heterocycles. The topological polar surface area (TPSA) is 60.7 Å². The van der Waals surface area contributed by atoms with Gasteiger partial charge >= 0.3 is 0 Å². The van der Waals surface area contributed by atoms with Gasteiger partial charge in [-0.1, -0.05) is 68.4 Å². The first-order valence-electron chi connectivity index (χ1n) is 9.72. The van der Waals surface area contributed by atoms with Crippen molar-refractivity contribution in [2.45, 2.75) is 39.6 Å². The minimum absolute atomic E-state index is 0.0175. The number of hydrogen-bond acceptors (Lipinski definition) is 3. The van der Waals surface area contributed by atoms with Gasteiger partial charge in [0.05, 0.1) is 18.8 Å². The molecule has 0 amide bonds. The number of benzene rings is 3. The quantitative estimate of drug-likeness (QED) is 0.550. The normalized spacial score (nSPS) is 13.5. The molecule has 0 saturated carbocycles. The molecule has 0 aliphatic heterocycles. The Labute approximate surface area is 166 Å². The van der Waals surface area contributed by atoms with Gasteiger partial charge < -0.3 is 15.3 Å². The Hall–Kier alpha value is -2.46. The molecule has 0 aliphatic carbocycles. The summed E-state index contributed by atoms with van der Waals surface area (Å²) in [6, 6.07) is 21.6. The zero-order valence-corrected chi connectivity index (χ0v) is 16.6. The van der Waals surface area contributed by atoms with E-state index in [1.54, 1.807) is 6.92 Å². The highest BCUT2D eigenvalue weighted by Crippen LogP contribution is 2.36. The highest BCUT2D eigenvalue weighted by atomic mass is 16.3. The highest BCUT2D eigenvalue weighted by Gasteiger charge is 2.18. The van der Waals surface area contributed by atoms with Crippen LogP contribution >= 0.6 is 0 Å². The molecule has 0 heterocycles. The van der Waals surface area contributed by atoms with E-state index in [-0.39, 0.29) is 12.5 Å². The van der Waals surface area contributed by atoms with Crippen molar-refractivity contribution in [1.82, 2.24) is 0 Å². The first kappa shape index (κ1) is 20.3. The second-order valence-electron chi connectivity index (χ2n) is 7.61.